The zero-order valence-corrected chi connectivity index (χ0v) is 17.3. The summed E-state index contributed by atoms with van der Waals surface area (Å²) in [7, 11) is -4.05. The fraction of sp³-hybridized carbons (Fsp3) is 0.182. The maximum atomic E-state index is 10.5. The molecule has 1 heterocycles. The summed E-state index contributed by atoms with van der Waals surface area (Å²) in [5, 5.41) is 12.5. The number of rotatable bonds is 5. The monoisotopic (exact) mass is 414 g/mol. The Bertz CT molecular complexity index is 997. The molecule has 3 rings (SSSR count). The molecule has 0 spiro atoms. The Morgan fingerprint density at radius 2 is 1.83 bits per heavy atom. The molecule has 0 atom stereocenters. The van der Waals surface area contributed by atoms with Crippen molar-refractivity contribution < 1.29 is 18.1 Å². The molecule has 0 unspecified atom stereocenters. The second-order valence-corrected chi connectivity index (χ2v) is 7.83. The number of benzene rings is 2. The molecule has 0 amide bonds. The van der Waals surface area contributed by atoms with Crippen LogP contribution in [0.2, 0.25) is 0 Å². The molecule has 1 aliphatic heterocycles. The maximum absolute atomic E-state index is 10.5. The molecule has 0 aromatic heterocycles. The van der Waals surface area contributed by atoms with Crippen LogP contribution in [0.3, 0.4) is 0 Å². The predicted octanol–water partition coefficient (Wildman–Crippen LogP) is 4.13. The van der Waals surface area contributed by atoms with E-state index in [1.54, 1.807) is 12.2 Å². The molecule has 0 saturated heterocycles. The minimum absolute atomic E-state index is 0.0622. The first-order valence-electron chi connectivity index (χ1n) is 9.08. The molecule has 29 heavy (non-hydrogen) atoms. The predicted molar refractivity (Wildman–Crippen MR) is 117 cm³/mol. The Balaban J connectivity index is 0.000000234. The van der Waals surface area contributed by atoms with Crippen molar-refractivity contribution in [3.8, 4) is 0 Å². The van der Waals surface area contributed by atoms with E-state index < -0.39 is 10.3 Å². The summed E-state index contributed by atoms with van der Waals surface area (Å²) >= 11 is 0. The maximum Gasteiger partial charge on any atom is 0.359 e. The van der Waals surface area contributed by atoms with Gasteiger partial charge in [0.05, 0.1) is 13.2 Å². The fourth-order valence-corrected chi connectivity index (χ4v) is 3.09. The van der Waals surface area contributed by atoms with Gasteiger partial charge in [0.1, 0.15) is 0 Å². The van der Waals surface area contributed by atoms with Crippen LogP contribution in [0.4, 0.5) is 5.69 Å². The zero-order valence-electron chi connectivity index (χ0n) is 16.5. The number of para-hydroxylation sites is 1. The van der Waals surface area contributed by atoms with E-state index in [0.717, 1.165) is 32.3 Å². The average molecular weight is 415 g/mol. The lowest BCUT2D eigenvalue weighted by Gasteiger charge is -2.17. The quantitative estimate of drug-likeness (QED) is 0.640. The van der Waals surface area contributed by atoms with Crippen molar-refractivity contribution >= 4 is 22.1 Å². The summed E-state index contributed by atoms with van der Waals surface area (Å²) in [5.41, 5.74) is 5.22. The highest BCUT2D eigenvalue weighted by Gasteiger charge is 2.14. The van der Waals surface area contributed by atoms with Crippen molar-refractivity contribution in [1.82, 2.24) is 4.31 Å². The summed E-state index contributed by atoms with van der Waals surface area (Å²) in [4.78, 5) is 0. The molecule has 0 bridgehead atoms. The Hall–Kier alpha value is -2.87. The van der Waals surface area contributed by atoms with Gasteiger partial charge in [-0.1, -0.05) is 48.0 Å². The van der Waals surface area contributed by atoms with E-state index in [2.05, 4.69) is 5.32 Å². The van der Waals surface area contributed by atoms with Gasteiger partial charge in [0.2, 0.25) is 0 Å². The Morgan fingerprint density at radius 3 is 2.41 bits per heavy atom. The lowest BCUT2D eigenvalue weighted by Crippen LogP contribution is -2.26. The summed E-state index contributed by atoms with van der Waals surface area (Å²) in [6.07, 6.45) is 8.57. The van der Waals surface area contributed by atoms with Crippen LogP contribution >= 0.6 is 0 Å². The van der Waals surface area contributed by atoms with E-state index in [9.17, 15) is 13.5 Å². The SMILES string of the molecule is CC1=CCN(S(=O)(=O)O)C=C1.Cc1cccc(CO)c1C=CNc1ccccc1. The first kappa shape index (κ1) is 22.4. The number of anilines is 1. The number of nitrogens with one attached hydrogen (secondary N) is 1. The minimum Gasteiger partial charge on any atom is -0.392 e. The number of hydrogen-bond donors (Lipinski definition) is 3. The number of hydrogen-bond acceptors (Lipinski definition) is 4. The lowest BCUT2D eigenvalue weighted by molar-refractivity contribution is 0.281. The normalized spacial score (nSPS) is 13.7. The third-order valence-corrected chi connectivity index (χ3v) is 5.12. The van der Waals surface area contributed by atoms with E-state index in [4.69, 9.17) is 4.55 Å². The van der Waals surface area contributed by atoms with Crippen LogP contribution < -0.4 is 5.32 Å². The molecule has 3 N–H and O–H groups in total. The molecular weight excluding hydrogens is 388 g/mol. The third-order valence-electron chi connectivity index (χ3n) is 4.25. The molecular formula is C22H26N2O4S. The lowest BCUT2D eigenvalue weighted by atomic mass is 10.0. The van der Waals surface area contributed by atoms with Crippen LogP contribution in [-0.2, 0) is 16.9 Å². The van der Waals surface area contributed by atoms with Crippen molar-refractivity contribution in [2.75, 3.05) is 11.9 Å². The first-order valence-corrected chi connectivity index (χ1v) is 10.5. The van der Waals surface area contributed by atoms with Gasteiger partial charge >= 0.3 is 10.3 Å². The molecule has 154 valence electrons. The van der Waals surface area contributed by atoms with Gasteiger partial charge < -0.3 is 10.4 Å². The van der Waals surface area contributed by atoms with Crippen LogP contribution in [-0.4, -0.2) is 28.9 Å². The van der Waals surface area contributed by atoms with Gasteiger partial charge in [0, 0.05) is 18.1 Å². The van der Waals surface area contributed by atoms with Crippen molar-refractivity contribution in [3.63, 3.8) is 0 Å². The van der Waals surface area contributed by atoms with E-state index in [1.807, 2.05) is 74.7 Å². The molecule has 2 aromatic carbocycles. The van der Waals surface area contributed by atoms with Crippen molar-refractivity contribution in [2.24, 2.45) is 0 Å². The van der Waals surface area contributed by atoms with Crippen LogP contribution in [0.15, 0.2) is 78.7 Å². The van der Waals surface area contributed by atoms with Crippen LogP contribution in [0.5, 0.6) is 0 Å². The summed E-state index contributed by atoms with van der Waals surface area (Å²) in [6.45, 7) is 4.17. The summed E-state index contributed by atoms with van der Waals surface area (Å²) in [5.74, 6) is 0. The smallest absolute Gasteiger partial charge is 0.359 e. The third kappa shape index (κ3) is 7.23. The topological polar surface area (TPSA) is 89.9 Å². The number of aliphatic hydroxyl groups excluding tert-OH is 1. The van der Waals surface area contributed by atoms with Crippen molar-refractivity contribution in [2.45, 2.75) is 20.5 Å². The molecule has 7 heteroatoms. The van der Waals surface area contributed by atoms with Gasteiger partial charge in [-0.15, -0.1) is 0 Å². The van der Waals surface area contributed by atoms with Gasteiger partial charge in [-0.3, -0.25) is 8.86 Å². The number of nitrogens with zero attached hydrogens (tertiary/aromatic N) is 1. The standard InChI is InChI=1S/C16H17NO.C6H9NO3S/c1-13-6-5-7-14(12-18)16(13)10-11-17-15-8-3-2-4-9-15;1-6-2-4-7(5-3-6)11(8,9)10/h2-11,17-18H,12H2,1H3;2-4H,5H2,1H3,(H,8,9,10). The minimum atomic E-state index is -4.05. The van der Waals surface area contributed by atoms with Crippen LogP contribution in [0.25, 0.3) is 6.08 Å². The molecule has 6 nitrogen and oxygen atoms in total. The highest BCUT2D eigenvalue weighted by molar-refractivity contribution is 7.83. The summed E-state index contributed by atoms with van der Waals surface area (Å²) in [6, 6.07) is 15.9. The molecule has 2 aromatic rings. The molecule has 0 aliphatic carbocycles. The van der Waals surface area contributed by atoms with Crippen LogP contribution in [0.1, 0.15) is 23.6 Å². The Kier molecular flexibility index (Phi) is 8.21. The second kappa shape index (κ2) is 10.6. The number of aliphatic hydroxyl groups is 1. The van der Waals surface area contributed by atoms with Crippen molar-refractivity contribution in [1.29, 1.82) is 0 Å². The number of allylic oxidation sites excluding steroid dienone is 2. The van der Waals surface area contributed by atoms with E-state index in [0.29, 0.717) is 0 Å². The van der Waals surface area contributed by atoms with Gasteiger partial charge in [0.15, 0.2) is 0 Å². The zero-order chi connectivity index (χ0) is 21.3. The molecule has 1 aliphatic rings. The molecule has 0 fully saturated rings. The fourth-order valence-electron chi connectivity index (χ4n) is 2.61. The Labute approximate surface area is 172 Å². The second-order valence-electron chi connectivity index (χ2n) is 6.46. The summed E-state index contributed by atoms with van der Waals surface area (Å²) < 4.78 is 30.4. The average Bonchev–Trinajstić information content (AvgIpc) is 2.70. The van der Waals surface area contributed by atoms with Gasteiger partial charge in [-0.2, -0.15) is 8.42 Å². The Morgan fingerprint density at radius 1 is 1.10 bits per heavy atom. The number of aryl methyl sites for hydroxylation is 1. The van der Waals surface area contributed by atoms with E-state index >= 15 is 0 Å². The van der Waals surface area contributed by atoms with E-state index in [1.165, 1.54) is 6.20 Å². The van der Waals surface area contributed by atoms with Crippen molar-refractivity contribution in [3.05, 3.63) is 95.3 Å². The highest BCUT2D eigenvalue weighted by atomic mass is 32.2. The molecule has 0 saturated carbocycles. The van der Waals surface area contributed by atoms with Gasteiger partial charge in [-0.25, -0.2) is 0 Å². The molecule has 0 radical (unpaired) electrons. The highest BCUT2D eigenvalue weighted by Crippen LogP contribution is 2.16. The van der Waals surface area contributed by atoms with Crippen LogP contribution in [0, 0.1) is 6.92 Å². The first-order chi connectivity index (χ1) is 13.8. The van der Waals surface area contributed by atoms with E-state index in [-0.39, 0.29) is 13.2 Å². The van der Waals surface area contributed by atoms with Gasteiger partial charge in [-0.05, 0) is 54.8 Å². The van der Waals surface area contributed by atoms with Gasteiger partial charge in [0.25, 0.3) is 0 Å². The largest absolute Gasteiger partial charge is 0.392 e.